The first kappa shape index (κ1) is 21.0. The highest BCUT2D eigenvalue weighted by Crippen LogP contribution is 2.23. The van der Waals surface area contributed by atoms with Gasteiger partial charge in [-0.15, -0.1) is 0 Å². The van der Waals surface area contributed by atoms with Crippen molar-refractivity contribution in [2.24, 2.45) is 5.10 Å². The summed E-state index contributed by atoms with van der Waals surface area (Å²) >= 11 is 0. The summed E-state index contributed by atoms with van der Waals surface area (Å²) in [5.74, 6) is -0.622. The number of hydrogen-bond donors (Lipinski definition) is 1. The number of nitro groups is 1. The summed E-state index contributed by atoms with van der Waals surface area (Å²) in [7, 11) is -3.68. The molecule has 2 aromatic rings. The summed E-state index contributed by atoms with van der Waals surface area (Å²) in [6.45, 7) is 3.23. The van der Waals surface area contributed by atoms with E-state index in [-0.39, 0.29) is 5.69 Å². The van der Waals surface area contributed by atoms with Gasteiger partial charge >= 0.3 is 0 Å². The van der Waals surface area contributed by atoms with E-state index in [0.717, 1.165) is 21.7 Å². The average Bonchev–Trinajstić information content (AvgIpc) is 2.60. The van der Waals surface area contributed by atoms with Crippen LogP contribution in [0.3, 0.4) is 0 Å². The largest absolute Gasteiger partial charge is 0.271 e. The second-order valence-corrected chi connectivity index (χ2v) is 8.11. The van der Waals surface area contributed by atoms with Crippen LogP contribution in [0.2, 0.25) is 0 Å². The van der Waals surface area contributed by atoms with Crippen molar-refractivity contribution in [1.82, 2.24) is 5.43 Å². The Bertz CT molecular complexity index is 1020. The predicted octanol–water partition coefficient (Wildman–Crippen LogP) is 2.13. The van der Waals surface area contributed by atoms with Crippen LogP contribution in [0.5, 0.6) is 0 Å². The molecule has 0 unspecified atom stereocenters. The molecule has 9 nitrogen and oxygen atoms in total. The Balaban J connectivity index is 2.08. The maximum atomic E-state index is 12.2. The van der Waals surface area contributed by atoms with E-state index in [1.165, 1.54) is 30.5 Å². The highest BCUT2D eigenvalue weighted by Gasteiger charge is 2.22. The lowest BCUT2D eigenvalue weighted by molar-refractivity contribution is -0.384. The van der Waals surface area contributed by atoms with Crippen LogP contribution in [0.25, 0.3) is 0 Å². The number of nitrogens with one attached hydrogen (secondary N) is 1. The molecule has 148 valence electrons. The van der Waals surface area contributed by atoms with E-state index < -0.39 is 27.4 Å². The molecule has 1 amide bonds. The molecule has 0 spiro atoms. The fraction of sp³-hybridized carbons (Fsp3) is 0.222. The molecule has 0 bridgehead atoms. The summed E-state index contributed by atoms with van der Waals surface area (Å²) in [5.41, 5.74) is 4.87. The molecule has 0 aromatic heterocycles. The Morgan fingerprint density at radius 2 is 1.86 bits per heavy atom. The minimum atomic E-state index is -3.68. The third kappa shape index (κ3) is 5.61. The van der Waals surface area contributed by atoms with E-state index in [9.17, 15) is 23.3 Å². The van der Waals surface area contributed by atoms with Crippen molar-refractivity contribution in [2.45, 2.75) is 13.8 Å². The quantitative estimate of drug-likeness (QED) is 0.430. The third-order valence-corrected chi connectivity index (χ3v) is 4.94. The van der Waals surface area contributed by atoms with Crippen LogP contribution in [0.1, 0.15) is 16.7 Å². The van der Waals surface area contributed by atoms with Crippen molar-refractivity contribution >= 4 is 33.5 Å². The van der Waals surface area contributed by atoms with Gasteiger partial charge in [0.25, 0.3) is 11.6 Å². The van der Waals surface area contributed by atoms with E-state index in [4.69, 9.17) is 0 Å². The van der Waals surface area contributed by atoms with Gasteiger partial charge in [-0.3, -0.25) is 19.2 Å². The maximum absolute atomic E-state index is 12.2. The number of carbonyl (C=O) groups is 1. The van der Waals surface area contributed by atoms with Crippen LogP contribution in [-0.4, -0.2) is 38.3 Å². The summed E-state index contributed by atoms with van der Waals surface area (Å²) in [6.07, 6.45) is 2.34. The molecule has 0 aliphatic rings. The molecule has 0 aliphatic heterocycles. The summed E-state index contributed by atoms with van der Waals surface area (Å²) in [5, 5.41) is 14.4. The van der Waals surface area contributed by atoms with Crippen LogP contribution in [0, 0.1) is 24.0 Å². The molecule has 0 heterocycles. The first-order chi connectivity index (χ1) is 13.1. The van der Waals surface area contributed by atoms with Gasteiger partial charge in [0.05, 0.1) is 23.1 Å². The second-order valence-electron chi connectivity index (χ2n) is 6.20. The topological polar surface area (TPSA) is 122 Å². The molecular formula is C18H20N4O5S. The van der Waals surface area contributed by atoms with Crippen molar-refractivity contribution in [2.75, 3.05) is 17.1 Å². The smallest absolute Gasteiger partial charge is 0.269 e. The van der Waals surface area contributed by atoms with Crippen molar-refractivity contribution in [3.8, 4) is 0 Å². The molecule has 0 radical (unpaired) electrons. The van der Waals surface area contributed by atoms with Gasteiger partial charge in [0.1, 0.15) is 6.54 Å². The Morgan fingerprint density at radius 3 is 2.39 bits per heavy atom. The number of nitro benzene ring substituents is 1. The minimum absolute atomic E-state index is 0.0570. The number of amides is 1. The standard InChI is InChI=1S/C18H20N4O5S/c1-13-4-9-17(14(2)10-13)21(28(3,26)27)12-18(23)20-19-11-15-5-7-16(8-6-15)22(24)25/h4-11H,12H2,1-3H3,(H,20,23)/b19-11-. The van der Waals surface area contributed by atoms with Crippen LogP contribution < -0.4 is 9.73 Å². The number of rotatable bonds is 7. The van der Waals surface area contributed by atoms with E-state index in [0.29, 0.717) is 11.3 Å². The number of sulfonamides is 1. The number of aryl methyl sites for hydroxylation is 2. The molecule has 2 rings (SSSR count). The van der Waals surface area contributed by atoms with E-state index >= 15 is 0 Å². The van der Waals surface area contributed by atoms with Crippen molar-refractivity contribution < 1.29 is 18.1 Å². The predicted molar refractivity (Wildman–Crippen MR) is 107 cm³/mol. The number of hydrogen-bond acceptors (Lipinski definition) is 6. The zero-order chi connectivity index (χ0) is 20.9. The van der Waals surface area contributed by atoms with Gasteiger partial charge in [-0.1, -0.05) is 17.7 Å². The SMILES string of the molecule is Cc1ccc(N(CC(=O)N/N=C\c2ccc([N+](=O)[O-])cc2)S(C)(=O)=O)c(C)c1. The van der Waals surface area contributed by atoms with Gasteiger partial charge in [0.2, 0.25) is 10.0 Å². The minimum Gasteiger partial charge on any atom is -0.271 e. The molecule has 0 saturated carbocycles. The number of carbonyl (C=O) groups excluding carboxylic acids is 1. The van der Waals surface area contributed by atoms with Gasteiger partial charge in [-0.2, -0.15) is 5.10 Å². The molecule has 0 saturated heterocycles. The lowest BCUT2D eigenvalue weighted by atomic mass is 10.1. The fourth-order valence-electron chi connectivity index (χ4n) is 2.49. The zero-order valence-electron chi connectivity index (χ0n) is 15.6. The summed E-state index contributed by atoms with van der Waals surface area (Å²) in [6, 6.07) is 10.8. The molecule has 2 aromatic carbocycles. The highest BCUT2D eigenvalue weighted by molar-refractivity contribution is 7.92. The number of anilines is 1. The normalized spacial score (nSPS) is 11.4. The van der Waals surface area contributed by atoms with Gasteiger partial charge in [0, 0.05) is 12.1 Å². The Labute approximate surface area is 162 Å². The molecule has 1 N–H and O–H groups in total. The van der Waals surface area contributed by atoms with Gasteiger partial charge in [-0.05, 0) is 43.2 Å². The number of hydrazone groups is 1. The number of benzene rings is 2. The van der Waals surface area contributed by atoms with Gasteiger partial charge < -0.3 is 0 Å². The Kier molecular flexibility index (Phi) is 6.47. The van der Waals surface area contributed by atoms with Crippen LogP contribution in [0.4, 0.5) is 11.4 Å². The molecule has 10 heteroatoms. The van der Waals surface area contributed by atoms with Crippen molar-refractivity contribution in [3.63, 3.8) is 0 Å². The van der Waals surface area contributed by atoms with Crippen molar-refractivity contribution in [3.05, 3.63) is 69.3 Å². The van der Waals surface area contributed by atoms with E-state index in [2.05, 4.69) is 10.5 Å². The van der Waals surface area contributed by atoms with Crippen molar-refractivity contribution in [1.29, 1.82) is 0 Å². The Morgan fingerprint density at radius 1 is 1.21 bits per heavy atom. The maximum Gasteiger partial charge on any atom is 0.269 e. The second kappa shape index (κ2) is 8.61. The molecule has 0 fully saturated rings. The number of non-ortho nitro benzene ring substituents is 1. The lowest BCUT2D eigenvalue weighted by Gasteiger charge is -2.23. The first-order valence-electron chi connectivity index (χ1n) is 8.19. The summed E-state index contributed by atoms with van der Waals surface area (Å²) in [4.78, 5) is 22.3. The monoisotopic (exact) mass is 404 g/mol. The molecule has 28 heavy (non-hydrogen) atoms. The molecule has 0 atom stereocenters. The van der Waals surface area contributed by atoms with Gasteiger partial charge in [0.15, 0.2) is 0 Å². The fourth-order valence-corrected chi connectivity index (χ4v) is 3.41. The van der Waals surface area contributed by atoms with Crippen LogP contribution in [-0.2, 0) is 14.8 Å². The van der Waals surface area contributed by atoms with Crippen LogP contribution >= 0.6 is 0 Å². The lowest BCUT2D eigenvalue weighted by Crippen LogP contribution is -2.39. The number of nitrogens with zero attached hydrogens (tertiary/aromatic N) is 3. The first-order valence-corrected chi connectivity index (χ1v) is 10.0. The van der Waals surface area contributed by atoms with E-state index in [1.807, 2.05) is 13.0 Å². The molecule has 0 aliphatic carbocycles. The van der Waals surface area contributed by atoms with E-state index in [1.54, 1.807) is 19.1 Å². The average molecular weight is 404 g/mol. The zero-order valence-corrected chi connectivity index (χ0v) is 16.4. The van der Waals surface area contributed by atoms with Crippen LogP contribution in [0.15, 0.2) is 47.6 Å². The Hall–Kier alpha value is -3.27. The van der Waals surface area contributed by atoms with Gasteiger partial charge in [-0.25, -0.2) is 13.8 Å². The highest BCUT2D eigenvalue weighted by atomic mass is 32.2. The molecular weight excluding hydrogens is 384 g/mol. The third-order valence-electron chi connectivity index (χ3n) is 3.82. The summed E-state index contributed by atoms with van der Waals surface area (Å²) < 4.78 is 25.3.